The number of anilines is 1. The number of nitrogens with zero attached hydrogens (tertiary/aromatic N) is 1. The summed E-state index contributed by atoms with van der Waals surface area (Å²) in [6, 6.07) is 7.83. The van der Waals surface area contributed by atoms with Gasteiger partial charge in [-0.3, -0.25) is 9.59 Å². The van der Waals surface area contributed by atoms with Crippen LogP contribution in [0.25, 0.3) is 0 Å². The largest absolute Gasteiger partial charge is 0.274 e. The number of para-hydroxylation sites is 1. The lowest BCUT2D eigenvalue weighted by Gasteiger charge is -2.37. The Morgan fingerprint density at radius 2 is 1.59 bits per heavy atom. The van der Waals surface area contributed by atoms with Crippen molar-refractivity contribution in [2.45, 2.75) is 19.8 Å². The van der Waals surface area contributed by atoms with E-state index in [1.807, 2.05) is 24.3 Å². The van der Waals surface area contributed by atoms with Crippen molar-refractivity contribution in [2.75, 3.05) is 4.90 Å². The molecule has 1 saturated heterocycles. The molecule has 2 bridgehead atoms. The van der Waals surface area contributed by atoms with Crippen LogP contribution < -0.4 is 4.90 Å². The average Bonchev–Trinajstić information content (AvgIpc) is 3.32. The van der Waals surface area contributed by atoms with Gasteiger partial charge in [0.1, 0.15) is 0 Å². The molecule has 1 aliphatic heterocycles. The van der Waals surface area contributed by atoms with Gasteiger partial charge in [-0.25, -0.2) is 4.90 Å². The Morgan fingerprint density at radius 3 is 2.18 bits per heavy atom. The predicted octanol–water partition coefficient (Wildman–Crippen LogP) is 2.81. The summed E-state index contributed by atoms with van der Waals surface area (Å²) in [5.74, 6) is 1.81. The Labute approximate surface area is 130 Å². The van der Waals surface area contributed by atoms with Crippen molar-refractivity contribution in [3.8, 4) is 0 Å². The van der Waals surface area contributed by atoms with E-state index >= 15 is 0 Å². The predicted molar refractivity (Wildman–Crippen MR) is 83.0 cm³/mol. The van der Waals surface area contributed by atoms with Crippen molar-refractivity contribution >= 4 is 17.5 Å². The number of benzene rings is 1. The van der Waals surface area contributed by atoms with Gasteiger partial charge in [-0.1, -0.05) is 37.3 Å². The van der Waals surface area contributed by atoms with E-state index < -0.39 is 0 Å². The van der Waals surface area contributed by atoms with Gasteiger partial charge in [0, 0.05) is 0 Å². The van der Waals surface area contributed by atoms with Gasteiger partial charge in [0.15, 0.2) is 0 Å². The van der Waals surface area contributed by atoms with Crippen LogP contribution in [0, 0.1) is 35.5 Å². The molecule has 0 spiro atoms. The summed E-state index contributed by atoms with van der Waals surface area (Å²) < 4.78 is 0. The van der Waals surface area contributed by atoms with Gasteiger partial charge >= 0.3 is 0 Å². The minimum Gasteiger partial charge on any atom is -0.274 e. The van der Waals surface area contributed by atoms with Crippen molar-refractivity contribution in [1.82, 2.24) is 0 Å². The third kappa shape index (κ3) is 1.37. The molecule has 5 aliphatic rings. The number of hydrogen-bond acceptors (Lipinski definition) is 2. The molecule has 2 saturated carbocycles. The summed E-state index contributed by atoms with van der Waals surface area (Å²) in [7, 11) is 0. The summed E-state index contributed by atoms with van der Waals surface area (Å²) in [6.07, 6.45) is 6.49. The summed E-state index contributed by atoms with van der Waals surface area (Å²) in [4.78, 5) is 27.6. The minimum atomic E-state index is -0.101. The molecule has 112 valence electrons. The Kier molecular flexibility index (Phi) is 2.35. The third-order valence-corrected chi connectivity index (χ3v) is 6.28. The average molecular weight is 293 g/mol. The number of rotatable bonds is 2. The van der Waals surface area contributed by atoms with Gasteiger partial charge in [-0.2, -0.15) is 0 Å². The molecule has 3 fully saturated rings. The first-order chi connectivity index (χ1) is 10.7. The molecule has 0 radical (unpaired) electrons. The smallest absolute Gasteiger partial charge is 0.238 e. The number of carbonyl (C=O) groups is 2. The molecule has 0 aromatic heterocycles. The van der Waals surface area contributed by atoms with Crippen molar-refractivity contribution < 1.29 is 9.59 Å². The molecule has 3 heteroatoms. The zero-order valence-corrected chi connectivity index (χ0v) is 12.6. The zero-order chi connectivity index (χ0) is 15.0. The Bertz CT molecular complexity index is 686. The lowest BCUT2D eigenvalue weighted by atomic mass is 9.63. The molecule has 6 atom stereocenters. The highest BCUT2D eigenvalue weighted by molar-refractivity contribution is 6.23. The Hall–Kier alpha value is -1.90. The monoisotopic (exact) mass is 293 g/mol. The van der Waals surface area contributed by atoms with E-state index in [1.165, 1.54) is 11.3 Å². The van der Waals surface area contributed by atoms with E-state index in [0.29, 0.717) is 23.7 Å². The lowest BCUT2D eigenvalue weighted by molar-refractivity contribution is -0.124. The van der Waals surface area contributed by atoms with Crippen LogP contribution in [0.3, 0.4) is 0 Å². The quantitative estimate of drug-likeness (QED) is 0.621. The van der Waals surface area contributed by atoms with Crippen LogP contribution in [0.2, 0.25) is 0 Å². The maximum Gasteiger partial charge on any atom is 0.238 e. The standard InChI is InChI=1S/C19H19NO2/c1-2-10-5-3-4-6-15(10)20-18(21)16-11-7-8-12(14-9-13(11)14)17(16)19(20)22/h3-8,11-14,16-17H,2,9H2,1H3/t11-,12+,13-,14-,16+,17-/m1/s1. The fraction of sp³-hybridized carbons (Fsp3) is 0.474. The van der Waals surface area contributed by atoms with Gasteiger partial charge in [-0.15, -0.1) is 0 Å². The SMILES string of the molecule is CCc1ccccc1N1C(=O)[C@@H]2[C@H]3C=C[C@H]([C@H]4C[C@H]34)[C@@H]2C1=O. The Balaban J connectivity index is 1.60. The fourth-order valence-corrected chi connectivity index (χ4v) is 5.22. The number of carbonyl (C=O) groups excluding carboxylic acids is 2. The van der Waals surface area contributed by atoms with E-state index in [-0.39, 0.29) is 23.7 Å². The van der Waals surface area contributed by atoms with Crippen LogP contribution in [-0.2, 0) is 16.0 Å². The van der Waals surface area contributed by atoms with Crippen LogP contribution in [-0.4, -0.2) is 11.8 Å². The fourth-order valence-electron chi connectivity index (χ4n) is 5.22. The highest BCUT2D eigenvalue weighted by Crippen LogP contribution is 2.65. The first-order valence-corrected chi connectivity index (χ1v) is 8.36. The van der Waals surface area contributed by atoms with Crippen LogP contribution >= 0.6 is 0 Å². The second-order valence-electron chi connectivity index (χ2n) is 7.15. The van der Waals surface area contributed by atoms with Crippen molar-refractivity contribution in [3.05, 3.63) is 42.0 Å². The van der Waals surface area contributed by atoms with Crippen LogP contribution in [0.1, 0.15) is 18.9 Å². The first-order valence-electron chi connectivity index (χ1n) is 8.36. The summed E-state index contributed by atoms with van der Waals surface area (Å²) >= 11 is 0. The summed E-state index contributed by atoms with van der Waals surface area (Å²) in [5, 5.41) is 0. The molecule has 1 aromatic rings. The van der Waals surface area contributed by atoms with Gasteiger partial charge in [0.25, 0.3) is 0 Å². The number of hydrogen-bond donors (Lipinski definition) is 0. The van der Waals surface area contributed by atoms with E-state index in [1.54, 1.807) is 0 Å². The topological polar surface area (TPSA) is 37.4 Å². The molecule has 22 heavy (non-hydrogen) atoms. The molecule has 2 amide bonds. The number of allylic oxidation sites excluding steroid dienone is 2. The van der Waals surface area contributed by atoms with Crippen molar-refractivity contribution in [2.24, 2.45) is 35.5 Å². The highest BCUT2D eigenvalue weighted by atomic mass is 16.2. The van der Waals surface area contributed by atoms with Crippen molar-refractivity contribution in [1.29, 1.82) is 0 Å². The maximum absolute atomic E-state index is 13.0. The third-order valence-electron chi connectivity index (χ3n) is 6.28. The number of aryl methyl sites for hydroxylation is 1. The summed E-state index contributed by atoms with van der Waals surface area (Å²) in [5.41, 5.74) is 1.88. The lowest BCUT2D eigenvalue weighted by Crippen LogP contribution is -2.40. The van der Waals surface area contributed by atoms with Gasteiger partial charge in [0.05, 0.1) is 17.5 Å². The maximum atomic E-state index is 13.0. The number of imide groups is 1. The minimum absolute atomic E-state index is 0.0422. The van der Waals surface area contributed by atoms with Crippen LogP contribution in [0.15, 0.2) is 36.4 Å². The van der Waals surface area contributed by atoms with Gasteiger partial charge in [0.2, 0.25) is 11.8 Å². The molecule has 0 N–H and O–H groups in total. The van der Waals surface area contributed by atoms with E-state index in [0.717, 1.165) is 17.7 Å². The second kappa shape index (κ2) is 4.09. The molecule has 4 aliphatic carbocycles. The van der Waals surface area contributed by atoms with E-state index in [2.05, 4.69) is 19.1 Å². The zero-order valence-electron chi connectivity index (χ0n) is 12.6. The van der Waals surface area contributed by atoms with Crippen LogP contribution in [0.5, 0.6) is 0 Å². The normalized spacial score (nSPS) is 40.9. The summed E-state index contributed by atoms with van der Waals surface area (Å²) in [6.45, 7) is 2.07. The highest BCUT2D eigenvalue weighted by Gasteiger charge is 2.67. The molecular weight excluding hydrogens is 274 g/mol. The molecule has 6 rings (SSSR count). The van der Waals surface area contributed by atoms with Crippen molar-refractivity contribution in [3.63, 3.8) is 0 Å². The van der Waals surface area contributed by atoms with E-state index in [4.69, 9.17) is 0 Å². The Morgan fingerprint density at radius 1 is 1.00 bits per heavy atom. The molecule has 1 heterocycles. The van der Waals surface area contributed by atoms with Gasteiger partial charge < -0.3 is 0 Å². The molecular formula is C19H19NO2. The molecule has 1 aromatic carbocycles. The second-order valence-corrected chi connectivity index (χ2v) is 7.15. The van der Waals surface area contributed by atoms with Gasteiger partial charge in [-0.05, 0) is 48.1 Å². The molecule has 3 nitrogen and oxygen atoms in total. The van der Waals surface area contributed by atoms with E-state index in [9.17, 15) is 9.59 Å². The van der Waals surface area contributed by atoms with Crippen LogP contribution in [0.4, 0.5) is 5.69 Å². The number of amides is 2. The first kappa shape index (κ1) is 12.6. The molecule has 0 unspecified atom stereocenters.